The largest absolute Gasteiger partial charge is 0.318 e. The first-order chi connectivity index (χ1) is 9.72. The number of hydrazine groups is 1. The van der Waals surface area contributed by atoms with Gasteiger partial charge in [0, 0.05) is 12.1 Å². The number of nitrogens with one attached hydrogen (secondary N) is 2. The van der Waals surface area contributed by atoms with Crippen LogP contribution >= 0.6 is 0 Å². The van der Waals surface area contributed by atoms with Crippen LogP contribution in [0.25, 0.3) is 0 Å². The van der Waals surface area contributed by atoms with Gasteiger partial charge in [-0.1, -0.05) is 13.3 Å². The number of hydrogen-bond acceptors (Lipinski definition) is 6. The highest BCUT2D eigenvalue weighted by Crippen LogP contribution is 2.30. The molecule has 1 atom stereocenters. The number of anilines is 1. The average Bonchev–Trinajstić information content (AvgIpc) is 2.37. The number of benzene rings is 1. The first-order valence-corrected chi connectivity index (χ1v) is 7.99. The first-order valence-electron chi connectivity index (χ1n) is 6.51. The van der Waals surface area contributed by atoms with E-state index in [2.05, 4.69) is 10.1 Å². The van der Waals surface area contributed by atoms with Gasteiger partial charge in [-0.15, -0.1) is 0 Å². The molecule has 8 nitrogen and oxygen atoms in total. The molecule has 0 heterocycles. The van der Waals surface area contributed by atoms with Crippen LogP contribution in [-0.4, -0.2) is 19.4 Å². The number of nitro benzene ring substituents is 1. The highest BCUT2D eigenvalue weighted by atomic mass is 32.2. The van der Waals surface area contributed by atoms with Crippen LogP contribution in [0.15, 0.2) is 17.0 Å². The number of hydrogen-bond donors (Lipinski definition) is 3. The van der Waals surface area contributed by atoms with Crippen LogP contribution in [0.2, 0.25) is 0 Å². The number of rotatable bonds is 7. The molecule has 1 aromatic carbocycles. The van der Waals surface area contributed by atoms with E-state index in [0.29, 0.717) is 12.0 Å². The highest BCUT2D eigenvalue weighted by molar-refractivity contribution is 7.89. The Kier molecular flexibility index (Phi) is 5.64. The van der Waals surface area contributed by atoms with Gasteiger partial charge in [0.25, 0.3) is 5.69 Å². The second-order valence-corrected chi connectivity index (χ2v) is 6.53. The van der Waals surface area contributed by atoms with Crippen molar-refractivity contribution in [3.63, 3.8) is 0 Å². The van der Waals surface area contributed by atoms with Gasteiger partial charge in [0.2, 0.25) is 10.0 Å². The van der Waals surface area contributed by atoms with Crippen molar-refractivity contribution < 1.29 is 13.3 Å². The Morgan fingerprint density at radius 3 is 2.52 bits per heavy atom. The second-order valence-electron chi connectivity index (χ2n) is 4.85. The van der Waals surface area contributed by atoms with Crippen molar-refractivity contribution in [1.82, 2.24) is 4.72 Å². The van der Waals surface area contributed by atoms with Gasteiger partial charge in [-0.3, -0.25) is 16.0 Å². The van der Waals surface area contributed by atoms with Crippen molar-refractivity contribution in [2.75, 3.05) is 5.43 Å². The summed E-state index contributed by atoms with van der Waals surface area (Å²) in [6.45, 7) is 5.26. The van der Waals surface area contributed by atoms with Crippen LogP contribution in [0.5, 0.6) is 0 Å². The maximum atomic E-state index is 12.3. The van der Waals surface area contributed by atoms with E-state index in [9.17, 15) is 18.5 Å². The Labute approximate surface area is 123 Å². The number of nitrogens with two attached hydrogens (primary N) is 1. The molecule has 0 radical (unpaired) electrons. The van der Waals surface area contributed by atoms with Crippen molar-refractivity contribution >= 4 is 21.4 Å². The van der Waals surface area contributed by atoms with Crippen LogP contribution in [0.4, 0.5) is 11.4 Å². The van der Waals surface area contributed by atoms with Gasteiger partial charge >= 0.3 is 0 Å². The quantitative estimate of drug-likeness (QED) is 0.399. The van der Waals surface area contributed by atoms with Crippen LogP contribution in [0.3, 0.4) is 0 Å². The van der Waals surface area contributed by atoms with Gasteiger partial charge in [0.15, 0.2) is 0 Å². The monoisotopic (exact) mass is 316 g/mol. The third-order valence-electron chi connectivity index (χ3n) is 3.01. The standard InChI is InChI=1S/C12H20N4O4S/c1-4-5-9(3)15-21(19,20)12-7-11(16(17)18)10(14-13)6-8(12)2/h6-7,9,14-15H,4-5,13H2,1-3H3. The highest BCUT2D eigenvalue weighted by Gasteiger charge is 2.25. The predicted molar refractivity (Wildman–Crippen MR) is 80.3 cm³/mol. The number of nitrogens with zero attached hydrogens (tertiary/aromatic N) is 1. The molecule has 0 aliphatic heterocycles. The van der Waals surface area contributed by atoms with Gasteiger partial charge in [0.05, 0.1) is 9.82 Å². The third-order valence-corrected chi connectivity index (χ3v) is 4.74. The third kappa shape index (κ3) is 4.13. The number of nitro groups is 1. The molecule has 0 aliphatic rings. The molecule has 0 saturated carbocycles. The Balaban J connectivity index is 3.29. The SMILES string of the molecule is CCCC(C)NS(=O)(=O)c1cc([N+](=O)[O-])c(NN)cc1C. The van der Waals surface area contributed by atoms with Crippen LogP contribution < -0.4 is 16.0 Å². The van der Waals surface area contributed by atoms with Crippen LogP contribution in [-0.2, 0) is 10.0 Å². The molecule has 0 fully saturated rings. The summed E-state index contributed by atoms with van der Waals surface area (Å²) in [7, 11) is -3.82. The van der Waals surface area contributed by atoms with Gasteiger partial charge in [0.1, 0.15) is 5.69 Å². The van der Waals surface area contributed by atoms with E-state index in [1.807, 2.05) is 6.92 Å². The molecular weight excluding hydrogens is 296 g/mol. The van der Waals surface area contributed by atoms with Gasteiger partial charge in [-0.05, 0) is 31.9 Å². The lowest BCUT2D eigenvalue weighted by Gasteiger charge is -2.15. The van der Waals surface area contributed by atoms with Crippen molar-refractivity contribution in [1.29, 1.82) is 0 Å². The molecule has 1 unspecified atom stereocenters. The molecule has 1 rings (SSSR count). The smallest absolute Gasteiger partial charge is 0.295 e. The summed E-state index contributed by atoms with van der Waals surface area (Å²) in [5.74, 6) is 5.22. The summed E-state index contributed by atoms with van der Waals surface area (Å²) < 4.78 is 27.2. The van der Waals surface area contributed by atoms with Gasteiger partial charge < -0.3 is 5.43 Å². The number of sulfonamides is 1. The van der Waals surface area contributed by atoms with Gasteiger partial charge in [-0.2, -0.15) is 0 Å². The minimum absolute atomic E-state index is 0.0676. The summed E-state index contributed by atoms with van der Waals surface area (Å²) in [5, 5.41) is 11.0. The van der Waals surface area contributed by atoms with Crippen molar-refractivity contribution in [2.45, 2.75) is 44.6 Å². The minimum atomic E-state index is -3.82. The van der Waals surface area contributed by atoms with Crippen LogP contribution in [0, 0.1) is 17.0 Å². The molecule has 0 saturated heterocycles. The summed E-state index contributed by atoms with van der Waals surface area (Å²) in [4.78, 5) is 10.2. The van der Waals surface area contributed by atoms with E-state index in [1.165, 1.54) is 6.07 Å². The molecule has 118 valence electrons. The van der Waals surface area contributed by atoms with E-state index >= 15 is 0 Å². The Hall–Kier alpha value is -1.71. The molecule has 9 heteroatoms. The Morgan fingerprint density at radius 2 is 2.05 bits per heavy atom. The topological polar surface area (TPSA) is 127 Å². The van der Waals surface area contributed by atoms with E-state index in [4.69, 9.17) is 5.84 Å². The fraction of sp³-hybridized carbons (Fsp3) is 0.500. The normalized spacial score (nSPS) is 13.0. The number of aryl methyl sites for hydroxylation is 1. The summed E-state index contributed by atoms with van der Waals surface area (Å²) in [6.07, 6.45) is 1.52. The maximum absolute atomic E-state index is 12.3. The van der Waals surface area contributed by atoms with Crippen molar-refractivity contribution in [3.8, 4) is 0 Å². The fourth-order valence-corrected chi connectivity index (χ4v) is 3.58. The maximum Gasteiger partial charge on any atom is 0.295 e. The molecule has 0 amide bonds. The molecule has 0 aliphatic carbocycles. The zero-order valence-electron chi connectivity index (χ0n) is 12.2. The first kappa shape index (κ1) is 17.3. The molecule has 21 heavy (non-hydrogen) atoms. The van der Waals surface area contributed by atoms with E-state index in [0.717, 1.165) is 12.5 Å². The lowest BCUT2D eigenvalue weighted by molar-refractivity contribution is -0.384. The van der Waals surface area contributed by atoms with E-state index in [-0.39, 0.29) is 22.3 Å². The van der Waals surface area contributed by atoms with Crippen LogP contribution in [0.1, 0.15) is 32.3 Å². The fourth-order valence-electron chi connectivity index (χ4n) is 2.05. The second kappa shape index (κ2) is 6.83. The number of nitrogen functional groups attached to an aromatic ring is 1. The summed E-state index contributed by atoms with van der Waals surface area (Å²) in [6, 6.07) is 2.12. The Bertz CT molecular complexity index is 630. The molecule has 0 bridgehead atoms. The molecule has 4 N–H and O–H groups in total. The minimum Gasteiger partial charge on any atom is -0.318 e. The summed E-state index contributed by atoms with van der Waals surface area (Å²) >= 11 is 0. The van der Waals surface area contributed by atoms with E-state index in [1.54, 1.807) is 13.8 Å². The van der Waals surface area contributed by atoms with Crippen molar-refractivity contribution in [2.24, 2.45) is 5.84 Å². The van der Waals surface area contributed by atoms with Crippen molar-refractivity contribution in [3.05, 3.63) is 27.8 Å². The summed E-state index contributed by atoms with van der Waals surface area (Å²) in [5.41, 5.74) is 2.26. The zero-order chi connectivity index (χ0) is 16.2. The lowest BCUT2D eigenvalue weighted by Crippen LogP contribution is -2.33. The molecule has 0 spiro atoms. The van der Waals surface area contributed by atoms with Gasteiger partial charge in [-0.25, -0.2) is 13.1 Å². The average molecular weight is 316 g/mol. The molecule has 1 aromatic rings. The molecule has 0 aromatic heterocycles. The zero-order valence-corrected chi connectivity index (χ0v) is 13.0. The Morgan fingerprint density at radius 1 is 1.43 bits per heavy atom. The van der Waals surface area contributed by atoms with E-state index < -0.39 is 14.9 Å². The lowest BCUT2D eigenvalue weighted by atomic mass is 10.2. The predicted octanol–water partition coefficient (Wildman–Crippen LogP) is 1.66. The molecular formula is C12H20N4O4S.